The number of halogens is 4. The van der Waals surface area contributed by atoms with Gasteiger partial charge in [0.05, 0.1) is 22.4 Å². The van der Waals surface area contributed by atoms with Gasteiger partial charge in [0.2, 0.25) is 11.8 Å². The molecular formula is C33H27F4N5O3S. The van der Waals surface area contributed by atoms with Crippen molar-refractivity contribution in [1.29, 1.82) is 0 Å². The third kappa shape index (κ3) is 5.38. The highest BCUT2D eigenvalue weighted by Crippen LogP contribution is 2.51. The summed E-state index contributed by atoms with van der Waals surface area (Å²) in [6.45, 7) is 2.24. The minimum absolute atomic E-state index is 0.0163. The minimum atomic E-state index is -1.00. The molecule has 0 saturated carbocycles. The molecule has 1 saturated heterocycles. The lowest BCUT2D eigenvalue weighted by Crippen LogP contribution is -2.32. The van der Waals surface area contributed by atoms with Gasteiger partial charge in [-0.25, -0.2) is 17.6 Å². The maximum absolute atomic E-state index is 14.6. The number of hydrogen-bond donors (Lipinski definition) is 2. The summed E-state index contributed by atoms with van der Waals surface area (Å²) in [4.78, 5) is 30.0. The molecule has 5 heterocycles. The van der Waals surface area contributed by atoms with Crippen molar-refractivity contribution in [3.63, 3.8) is 0 Å². The highest BCUT2D eigenvalue weighted by atomic mass is 32.1. The van der Waals surface area contributed by atoms with Gasteiger partial charge in [0.1, 0.15) is 11.6 Å². The topological polar surface area (TPSA) is 100 Å². The lowest BCUT2D eigenvalue weighted by Gasteiger charge is -2.29. The van der Waals surface area contributed by atoms with Crippen LogP contribution in [0.5, 0.6) is 0 Å². The number of hydrogen-bond acceptors (Lipinski definition) is 7. The van der Waals surface area contributed by atoms with E-state index in [0.29, 0.717) is 56.6 Å². The second-order valence-corrected chi connectivity index (χ2v) is 12.5. The fourth-order valence-electron chi connectivity index (χ4n) is 6.41. The molecular weight excluding hydrogens is 622 g/mol. The zero-order valence-corrected chi connectivity index (χ0v) is 25.3. The van der Waals surface area contributed by atoms with Crippen molar-refractivity contribution in [1.82, 2.24) is 25.7 Å². The summed E-state index contributed by atoms with van der Waals surface area (Å²) in [5.41, 5.74) is 3.23. The number of aromatic nitrogens is 2. The molecule has 0 aliphatic carbocycles. The van der Waals surface area contributed by atoms with Gasteiger partial charge in [0.15, 0.2) is 11.6 Å². The van der Waals surface area contributed by atoms with Crippen molar-refractivity contribution in [2.75, 3.05) is 6.54 Å². The Kier molecular flexibility index (Phi) is 7.71. The largest absolute Gasteiger partial charge is 0.421 e. The normalized spacial score (nSPS) is 19.1. The Hall–Kier alpha value is -4.78. The minimum Gasteiger partial charge on any atom is -0.421 e. The summed E-state index contributed by atoms with van der Waals surface area (Å²) in [7, 11) is 0. The van der Waals surface area contributed by atoms with Gasteiger partial charge in [-0.05, 0) is 67.1 Å². The number of aryl methyl sites for hydroxylation is 2. The molecule has 3 aliphatic rings. The quantitative estimate of drug-likeness (QED) is 0.230. The van der Waals surface area contributed by atoms with Gasteiger partial charge >= 0.3 is 0 Å². The number of rotatable bonds is 8. The van der Waals surface area contributed by atoms with Crippen molar-refractivity contribution >= 4 is 28.7 Å². The Balaban J connectivity index is 1.26. The second kappa shape index (κ2) is 11.9. The molecule has 1 unspecified atom stereocenters. The van der Waals surface area contributed by atoms with Crippen LogP contribution in [-0.2, 0) is 17.8 Å². The van der Waals surface area contributed by atoms with Crippen molar-refractivity contribution in [3.05, 3.63) is 121 Å². The standard InChI is InChI=1S/C33H27F4N5O3S/c1-16-40-41-32(45-16)27-23(9-6-18-5-7-19(34)14-21(18)36)39-30-24-3-2-12-42(24)33(44)29(30)28(27)25-10-11-26(46-25)31(43)38-15-17-4-8-20(35)22(37)13-17/h4-5,7-8,10-11,13-14,24,28,39H,2-3,6,9,12,15H2,1H3,(H,38,43)/t24-,28?/m0/s1. The van der Waals surface area contributed by atoms with Crippen molar-refractivity contribution in [2.45, 2.75) is 51.1 Å². The Morgan fingerprint density at radius 1 is 1.02 bits per heavy atom. The summed E-state index contributed by atoms with van der Waals surface area (Å²) in [5.74, 6) is -4.01. The number of fused-ring (bicyclic) bond motifs is 2. The Morgan fingerprint density at radius 2 is 1.87 bits per heavy atom. The van der Waals surface area contributed by atoms with E-state index in [0.717, 1.165) is 36.7 Å². The molecule has 2 N–H and O–H groups in total. The Labute approximate surface area is 264 Å². The van der Waals surface area contributed by atoms with E-state index in [1.807, 2.05) is 4.90 Å². The molecule has 0 radical (unpaired) electrons. The first kappa shape index (κ1) is 29.9. The van der Waals surface area contributed by atoms with Gasteiger partial charge in [-0.2, -0.15) is 0 Å². The van der Waals surface area contributed by atoms with E-state index in [1.54, 1.807) is 19.1 Å². The first-order valence-electron chi connectivity index (χ1n) is 14.8. The molecule has 7 rings (SSSR count). The van der Waals surface area contributed by atoms with Gasteiger partial charge < -0.3 is 20.0 Å². The Morgan fingerprint density at radius 3 is 2.63 bits per heavy atom. The lowest BCUT2D eigenvalue weighted by atomic mass is 9.82. The second-order valence-electron chi connectivity index (χ2n) is 11.4. The molecule has 2 amide bonds. The average Bonchev–Trinajstić information content (AvgIpc) is 3.84. The van der Waals surface area contributed by atoms with Crippen molar-refractivity contribution in [2.24, 2.45) is 0 Å². The number of thiophene rings is 1. The zero-order chi connectivity index (χ0) is 32.1. The van der Waals surface area contributed by atoms with E-state index < -0.39 is 35.1 Å². The molecule has 2 atom stereocenters. The summed E-state index contributed by atoms with van der Waals surface area (Å²) < 4.78 is 61.2. The molecule has 13 heteroatoms. The summed E-state index contributed by atoms with van der Waals surface area (Å²) >= 11 is 1.19. The van der Waals surface area contributed by atoms with E-state index in [2.05, 4.69) is 20.8 Å². The van der Waals surface area contributed by atoms with E-state index in [1.165, 1.54) is 29.5 Å². The molecule has 2 aromatic carbocycles. The van der Waals surface area contributed by atoms with Crippen LogP contribution in [0, 0.1) is 30.2 Å². The van der Waals surface area contributed by atoms with Crippen LogP contribution in [-0.4, -0.2) is 39.5 Å². The van der Waals surface area contributed by atoms with E-state index in [4.69, 9.17) is 4.42 Å². The number of allylic oxidation sites excluding steroid dienone is 2. The predicted molar refractivity (Wildman–Crippen MR) is 160 cm³/mol. The van der Waals surface area contributed by atoms with Gasteiger partial charge in [-0.3, -0.25) is 9.59 Å². The van der Waals surface area contributed by atoms with Crippen LogP contribution in [0.3, 0.4) is 0 Å². The van der Waals surface area contributed by atoms with Gasteiger partial charge in [0.25, 0.3) is 11.8 Å². The average molecular weight is 650 g/mol. The molecule has 3 aliphatic heterocycles. The third-order valence-corrected chi connectivity index (χ3v) is 9.69. The summed E-state index contributed by atoms with van der Waals surface area (Å²) in [6.07, 6.45) is 2.16. The third-order valence-electron chi connectivity index (χ3n) is 8.54. The van der Waals surface area contributed by atoms with E-state index in [9.17, 15) is 27.2 Å². The van der Waals surface area contributed by atoms with E-state index >= 15 is 0 Å². The number of benzene rings is 2. The molecule has 2 aromatic heterocycles. The van der Waals surface area contributed by atoms with Crippen molar-refractivity contribution in [3.8, 4) is 0 Å². The number of nitrogens with zero attached hydrogens (tertiary/aromatic N) is 3. The van der Waals surface area contributed by atoms with Crippen LogP contribution in [0.2, 0.25) is 0 Å². The predicted octanol–water partition coefficient (Wildman–Crippen LogP) is 5.92. The van der Waals surface area contributed by atoms with Crippen LogP contribution in [0.15, 0.2) is 69.9 Å². The number of carbonyl (C=O) groups excluding carboxylic acids is 2. The van der Waals surface area contributed by atoms with Crippen LogP contribution in [0.4, 0.5) is 17.6 Å². The van der Waals surface area contributed by atoms with Crippen LogP contribution < -0.4 is 10.6 Å². The smallest absolute Gasteiger partial charge is 0.261 e. The fourth-order valence-corrected chi connectivity index (χ4v) is 7.45. The SMILES string of the molecule is Cc1nnc(C2=C(CCc3ccc(F)cc3F)NC3=C(C(=O)N4CCC[C@@H]34)C2c2ccc(C(=O)NCc3ccc(F)c(F)c3)s2)o1. The summed E-state index contributed by atoms with van der Waals surface area (Å²) in [5, 5.41) is 14.5. The monoisotopic (exact) mass is 649 g/mol. The number of carbonyl (C=O) groups is 2. The number of dihydropyridines is 1. The molecule has 1 fully saturated rings. The van der Waals surface area contributed by atoms with Crippen molar-refractivity contribution < 1.29 is 31.6 Å². The molecule has 46 heavy (non-hydrogen) atoms. The first-order valence-corrected chi connectivity index (χ1v) is 15.6. The maximum Gasteiger partial charge on any atom is 0.261 e. The lowest BCUT2D eigenvalue weighted by molar-refractivity contribution is -0.126. The maximum atomic E-state index is 14.6. The van der Waals surface area contributed by atoms with Gasteiger partial charge in [0, 0.05) is 47.9 Å². The number of nitrogens with one attached hydrogen (secondary N) is 2. The first-order chi connectivity index (χ1) is 22.2. The molecule has 236 valence electrons. The molecule has 0 bridgehead atoms. The van der Waals surface area contributed by atoms with Gasteiger partial charge in [-0.15, -0.1) is 21.5 Å². The molecule has 8 nitrogen and oxygen atoms in total. The van der Waals surface area contributed by atoms with Crippen LogP contribution in [0.1, 0.15) is 62.6 Å². The van der Waals surface area contributed by atoms with Gasteiger partial charge in [-0.1, -0.05) is 12.1 Å². The number of amides is 2. The summed E-state index contributed by atoms with van der Waals surface area (Å²) in [6, 6.07) is 10.2. The fraction of sp³-hybridized carbons (Fsp3) is 0.273. The Bertz CT molecular complexity index is 1950. The van der Waals surface area contributed by atoms with Crippen LogP contribution >= 0.6 is 11.3 Å². The van der Waals surface area contributed by atoms with Crippen LogP contribution in [0.25, 0.3) is 5.57 Å². The molecule has 4 aromatic rings. The highest BCUT2D eigenvalue weighted by Gasteiger charge is 2.49. The zero-order valence-electron chi connectivity index (χ0n) is 24.5. The van der Waals surface area contributed by atoms with E-state index in [-0.39, 0.29) is 30.8 Å². The highest BCUT2D eigenvalue weighted by molar-refractivity contribution is 7.14. The molecule has 0 spiro atoms.